The molecule has 0 aliphatic carbocycles. The summed E-state index contributed by atoms with van der Waals surface area (Å²) in [5, 5.41) is 8.18. The number of alkyl halides is 3. The molecule has 1 nitrogen and oxygen atoms in total. The number of aliphatic hydroxyl groups excluding tert-OH is 1. The maximum Gasteiger partial charge on any atom is 0.0967 e. The van der Waals surface area contributed by atoms with Gasteiger partial charge >= 0.3 is 0 Å². The first kappa shape index (κ1) is 11.6. The van der Waals surface area contributed by atoms with Gasteiger partial charge in [0.15, 0.2) is 0 Å². The molecule has 4 heteroatoms. The standard InChI is InChI=1S/C3H7ClO.CH2Cl2/c4-2-1-3-5;2-1-3/h5H,1-3H2;1H2. The van der Waals surface area contributed by atoms with Crippen molar-refractivity contribution in [2.24, 2.45) is 0 Å². The molecule has 0 aromatic carbocycles. The molecule has 0 heterocycles. The van der Waals surface area contributed by atoms with Crippen LogP contribution >= 0.6 is 34.8 Å². The van der Waals surface area contributed by atoms with E-state index in [1.807, 2.05) is 0 Å². The Morgan fingerprint density at radius 3 is 1.50 bits per heavy atom. The van der Waals surface area contributed by atoms with E-state index in [0.717, 1.165) is 0 Å². The normalized spacial score (nSPS) is 7.50. The van der Waals surface area contributed by atoms with E-state index in [1.165, 1.54) is 0 Å². The van der Waals surface area contributed by atoms with Gasteiger partial charge in [-0.2, -0.15) is 0 Å². The van der Waals surface area contributed by atoms with Gasteiger partial charge in [0.2, 0.25) is 0 Å². The lowest BCUT2D eigenvalue weighted by Crippen LogP contribution is -1.79. The summed E-state index contributed by atoms with van der Waals surface area (Å²) in [7, 11) is 0. The van der Waals surface area contributed by atoms with Gasteiger partial charge in [-0.05, 0) is 6.42 Å². The molecule has 0 fully saturated rings. The van der Waals surface area contributed by atoms with Crippen molar-refractivity contribution >= 4 is 34.8 Å². The minimum atomic E-state index is 0.194. The highest BCUT2D eigenvalue weighted by atomic mass is 35.5. The SMILES string of the molecule is ClCCl.OCCCCl. The van der Waals surface area contributed by atoms with Gasteiger partial charge in [0.05, 0.1) is 5.34 Å². The minimum absolute atomic E-state index is 0.194. The molecule has 1 N–H and O–H groups in total. The van der Waals surface area contributed by atoms with Gasteiger partial charge in [0.1, 0.15) is 0 Å². The number of halogens is 3. The highest BCUT2D eigenvalue weighted by Crippen LogP contribution is 1.77. The topological polar surface area (TPSA) is 20.2 Å². The molecular weight excluding hydrogens is 170 g/mol. The maximum atomic E-state index is 7.98. The molecule has 0 saturated heterocycles. The van der Waals surface area contributed by atoms with E-state index >= 15 is 0 Å². The van der Waals surface area contributed by atoms with Crippen LogP contribution in [0.25, 0.3) is 0 Å². The predicted octanol–water partition coefficient (Wildman–Crippen LogP) is 2.03. The molecule has 0 unspecified atom stereocenters. The summed E-state index contributed by atoms with van der Waals surface area (Å²) in [5.41, 5.74) is 0. The Bertz CT molecular complexity index is 25.2. The fraction of sp³-hybridized carbons (Fsp3) is 1.00. The van der Waals surface area contributed by atoms with E-state index in [9.17, 15) is 0 Å². The predicted molar refractivity (Wildman–Crippen MR) is 39.0 cm³/mol. The van der Waals surface area contributed by atoms with Crippen molar-refractivity contribution in [3.63, 3.8) is 0 Å². The van der Waals surface area contributed by atoms with Crippen molar-refractivity contribution < 1.29 is 5.11 Å². The van der Waals surface area contributed by atoms with Gasteiger partial charge < -0.3 is 5.11 Å². The molecule has 0 aromatic rings. The molecular formula is C4H9Cl3O. The fourth-order valence-electron chi connectivity index (χ4n) is 0.0598. The molecule has 0 rings (SSSR count). The van der Waals surface area contributed by atoms with E-state index in [0.29, 0.717) is 12.3 Å². The van der Waals surface area contributed by atoms with Gasteiger partial charge in [0, 0.05) is 12.5 Å². The minimum Gasteiger partial charge on any atom is -0.396 e. The summed E-state index contributed by atoms with van der Waals surface area (Å²) in [5.74, 6) is 0.566. The third kappa shape index (κ3) is 29.0. The number of rotatable bonds is 2. The van der Waals surface area contributed by atoms with Crippen LogP contribution in [0.2, 0.25) is 0 Å². The van der Waals surface area contributed by atoms with Gasteiger partial charge in [-0.25, -0.2) is 0 Å². The van der Waals surface area contributed by atoms with Crippen LogP contribution in [-0.4, -0.2) is 22.9 Å². The Hall–Kier alpha value is 0.830. The Morgan fingerprint density at radius 1 is 1.12 bits per heavy atom. The van der Waals surface area contributed by atoms with Crippen molar-refractivity contribution in [3.8, 4) is 0 Å². The molecule has 0 aromatic heterocycles. The quantitative estimate of drug-likeness (QED) is 0.643. The summed E-state index contributed by atoms with van der Waals surface area (Å²) in [6, 6.07) is 0. The molecule has 0 aliphatic rings. The lowest BCUT2D eigenvalue weighted by Gasteiger charge is -1.77. The Morgan fingerprint density at radius 2 is 1.50 bits per heavy atom. The molecule has 0 radical (unpaired) electrons. The van der Waals surface area contributed by atoms with Crippen LogP contribution in [0.4, 0.5) is 0 Å². The number of hydrogen-bond donors (Lipinski definition) is 1. The Labute approximate surface area is 64.5 Å². The van der Waals surface area contributed by atoms with Crippen LogP contribution in [0.1, 0.15) is 6.42 Å². The van der Waals surface area contributed by atoms with Crippen molar-refractivity contribution in [1.82, 2.24) is 0 Å². The monoisotopic (exact) mass is 178 g/mol. The third-order valence-corrected chi connectivity index (χ3v) is 0.559. The molecule has 0 spiro atoms. The molecule has 0 aliphatic heterocycles. The van der Waals surface area contributed by atoms with Crippen LogP contribution < -0.4 is 0 Å². The first-order valence-electron chi connectivity index (χ1n) is 2.12. The zero-order valence-electron chi connectivity index (χ0n) is 4.41. The van der Waals surface area contributed by atoms with E-state index in [1.54, 1.807) is 0 Å². The van der Waals surface area contributed by atoms with Gasteiger partial charge in [-0.1, -0.05) is 0 Å². The highest BCUT2D eigenvalue weighted by molar-refractivity contribution is 6.40. The Kier molecular flexibility index (Phi) is 22.7. The zero-order chi connectivity index (χ0) is 6.83. The van der Waals surface area contributed by atoms with Gasteiger partial charge in [-0.15, -0.1) is 34.8 Å². The fourth-order valence-corrected chi connectivity index (χ4v) is 0.179. The average molecular weight is 179 g/mol. The van der Waals surface area contributed by atoms with Crippen LogP contribution in [0.15, 0.2) is 0 Å². The summed E-state index contributed by atoms with van der Waals surface area (Å²) < 4.78 is 0. The summed E-state index contributed by atoms with van der Waals surface area (Å²) in [6.45, 7) is 0.212. The molecule has 0 saturated carbocycles. The molecule has 0 bridgehead atoms. The van der Waals surface area contributed by atoms with E-state index in [4.69, 9.17) is 39.9 Å². The highest BCUT2D eigenvalue weighted by Gasteiger charge is 1.71. The third-order valence-electron chi connectivity index (χ3n) is 0.292. The molecule has 0 atom stereocenters. The van der Waals surface area contributed by atoms with E-state index < -0.39 is 0 Å². The van der Waals surface area contributed by atoms with E-state index in [-0.39, 0.29) is 11.9 Å². The zero-order valence-corrected chi connectivity index (χ0v) is 6.68. The van der Waals surface area contributed by atoms with Crippen LogP contribution in [-0.2, 0) is 0 Å². The summed E-state index contributed by atoms with van der Waals surface area (Å²) in [6.07, 6.45) is 0.710. The second kappa shape index (κ2) is 15.7. The van der Waals surface area contributed by atoms with Gasteiger partial charge in [-0.3, -0.25) is 0 Å². The number of hydrogen-bond acceptors (Lipinski definition) is 1. The van der Waals surface area contributed by atoms with Crippen molar-refractivity contribution in [2.45, 2.75) is 6.42 Å². The lowest BCUT2D eigenvalue weighted by atomic mass is 10.5. The lowest BCUT2D eigenvalue weighted by molar-refractivity contribution is 0.296. The van der Waals surface area contributed by atoms with Crippen LogP contribution in [0.5, 0.6) is 0 Å². The van der Waals surface area contributed by atoms with Gasteiger partial charge in [0.25, 0.3) is 0 Å². The van der Waals surface area contributed by atoms with Crippen molar-refractivity contribution in [2.75, 3.05) is 17.8 Å². The Balaban J connectivity index is 0. The largest absolute Gasteiger partial charge is 0.396 e. The molecule has 0 amide bonds. The smallest absolute Gasteiger partial charge is 0.0967 e. The van der Waals surface area contributed by atoms with Crippen LogP contribution in [0, 0.1) is 0 Å². The maximum absolute atomic E-state index is 7.98. The van der Waals surface area contributed by atoms with Crippen LogP contribution in [0.3, 0.4) is 0 Å². The average Bonchev–Trinajstić information content (AvgIpc) is 1.71. The molecule has 8 heavy (non-hydrogen) atoms. The summed E-state index contributed by atoms with van der Waals surface area (Å²) >= 11 is 14.7. The van der Waals surface area contributed by atoms with Crippen molar-refractivity contribution in [3.05, 3.63) is 0 Å². The molecule has 52 valence electrons. The second-order valence-corrected chi connectivity index (χ2v) is 2.05. The first-order chi connectivity index (χ1) is 3.83. The summed E-state index contributed by atoms with van der Waals surface area (Å²) in [4.78, 5) is 0. The first-order valence-corrected chi connectivity index (χ1v) is 3.72. The number of aliphatic hydroxyl groups is 1. The second-order valence-electron chi connectivity index (χ2n) is 0.867. The van der Waals surface area contributed by atoms with Crippen molar-refractivity contribution in [1.29, 1.82) is 0 Å². The van der Waals surface area contributed by atoms with E-state index in [2.05, 4.69) is 0 Å².